The third kappa shape index (κ3) is 6.83. The van der Waals surface area contributed by atoms with E-state index in [1.165, 1.54) is 35.5 Å². The van der Waals surface area contributed by atoms with E-state index in [0.29, 0.717) is 11.6 Å². The summed E-state index contributed by atoms with van der Waals surface area (Å²) in [6, 6.07) is 21.8. The summed E-state index contributed by atoms with van der Waals surface area (Å²) in [7, 11) is 0. The van der Waals surface area contributed by atoms with E-state index in [2.05, 4.69) is 68.4 Å². The largest absolute Gasteiger partial charge is 0.573 e. The van der Waals surface area contributed by atoms with Gasteiger partial charge in [-0.3, -0.25) is 5.01 Å². The first-order valence-electron chi connectivity index (χ1n) is 12.9. The van der Waals surface area contributed by atoms with E-state index in [4.69, 9.17) is 0 Å². The Balaban J connectivity index is 1.21. The normalized spacial score (nSPS) is 18.9. The summed E-state index contributed by atoms with van der Waals surface area (Å²) in [6.07, 6.45) is -0.625. The highest BCUT2D eigenvalue weighted by molar-refractivity contribution is 8.14. The number of para-hydroxylation sites is 1. The zero-order valence-corrected chi connectivity index (χ0v) is 22.9. The van der Waals surface area contributed by atoms with Crippen molar-refractivity contribution in [1.29, 1.82) is 0 Å². The Morgan fingerprint density at radius 2 is 1.80 bits per heavy atom. The molecule has 1 fully saturated rings. The topological polar surface area (TPSA) is 64.8 Å². The van der Waals surface area contributed by atoms with Gasteiger partial charge in [0.25, 0.3) is 0 Å². The van der Waals surface area contributed by atoms with Gasteiger partial charge in [0.05, 0.1) is 11.9 Å². The molecule has 0 amide bonds. The lowest BCUT2D eigenvalue weighted by Crippen LogP contribution is -2.34. The maximum absolute atomic E-state index is 12.4. The molecule has 0 saturated carbocycles. The number of hydrogen-bond donors (Lipinski definition) is 1. The first kappa shape index (κ1) is 27.7. The SMILES string of the molecule is CC(C)c1ccccc1N1CCCS/C1=N\N=C\c1ccc(C2N=CN(c3ccc(OC(F)(F)F)cc3)N2)cc1. The lowest BCUT2D eigenvalue weighted by atomic mass is 10.0. The number of amidine groups is 1. The molecule has 11 heteroatoms. The van der Waals surface area contributed by atoms with Crippen molar-refractivity contribution >= 4 is 40.9 Å². The fourth-order valence-electron chi connectivity index (χ4n) is 4.44. The molecule has 2 heterocycles. The predicted octanol–water partition coefficient (Wildman–Crippen LogP) is 7.09. The van der Waals surface area contributed by atoms with E-state index in [-0.39, 0.29) is 11.9 Å². The predicted molar refractivity (Wildman–Crippen MR) is 156 cm³/mol. The minimum absolute atomic E-state index is 0.276. The fourth-order valence-corrected chi connectivity index (χ4v) is 5.35. The molecule has 208 valence electrons. The summed E-state index contributed by atoms with van der Waals surface area (Å²) < 4.78 is 41.1. The van der Waals surface area contributed by atoms with Gasteiger partial charge in [0, 0.05) is 18.0 Å². The monoisotopic (exact) mass is 566 g/mol. The molecule has 0 radical (unpaired) electrons. The van der Waals surface area contributed by atoms with Crippen LogP contribution in [-0.2, 0) is 0 Å². The minimum atomic E-state index is -4.72. The number of benzene rings is 3. The second kappa shape index (κ2) is 12.1. The van der Waals surface area contributed by atoms with Crippen molar-refractivity contribution in [3.8, 4) is 5.75 Å². The maximum Gasteiger partial charge on any atom is 0.573 e. The highest BCUT2D eigenvalue weighted by Gasteiger charge is 2.31. The van der Waals surface area contributed by atoms with E-state index in [9.17, 15) is 13.2 Å². The number of ether oxygens (including phenoxy) is 1. The Labute approximate surface area is 235 Å². The highest BCUT2D eigenvalue weighted by atomic mass is 32.2. The lowest BCUT2D eigenvalue weighted by Gasteiger charge is -2.31. The molecule has 0 bridgehead atoms. The van der Waals surface area contributed by atoms with Crippen LogP contribution in [-0.4, -0.2) is 36.4 Å². The molecule has 7 nitrogen and oxygen atoms in total. The molecule has 1 N–H and O–H groups in total. The molecule has 0 aliphatic carbocycles. The van der Waals surface area contributed by atoms with Crippen LogP contribution in [0.4, 0.5) is 24.5 Å². The average molecular weight is 567 g/mol. The second-order valence-electron chi connectivity index (χ2n) is 9.57. The third-order valence-corrected chi connectivity index (χ3v) is 7.43. The molecule has 5 rings (SSSR count). The van der Waals surface area contributed by atoms with Crippen LogP contribution < -0.4 is 20.1 Å². The standard InChI is InChI=1S/C29H29F3N6OS/c1-20(2)25-6-3-4-7-26(25)37-16-5-17-40-28(37)35-34-18-21-8-10-22(11-9-21)27-33-19-38(36-27)23-12-14-24(15-13-23)39-29(30,31)32/h3-4,6-15,18-20,27,36H,5,16-17H2,1-2H3/b34-18+,35-28-. The number of nitrogens with zero attached hydrogens (tertiary/aromatic N) is 5. The van der Waals surface area contributed by atoms with Crippen molar-refractivity contribution in [1.82, 2.24) is 5.43 Å². The summed E-state index contributed by atoms with van der Waals surface area (Å²) in [5.41, 5.74) is 8.17. The number of nitrogens with one attached hydrogen (secondary N) is 1. The number of anilines is 2. The Morgan fingerprint density at radius 1 is 1.05 bits per heavy atom. The Bertz CT molecular complexity index is 1390. The molecule has 0 aromatic heterocycles. The lowest BCUT2D eigenvalue weighted by molar-refractivity contribution is -0.274. The first-order chi connectivity index (χ1) is 19.3. The Hall–Kier alpha value is -3.83. The summed E-state index contributed by atoms with van der Waals surface area (Å²) in [5.74, 6) is 1.15. The van der Waals surface area contributed by atoms with Crippen LogP contribution in [0.1, 0.15) is 49.0 Å². The molecule has 2 aliphatic heterocycles. The molecule has 1 saturated heterocycles. The van der Waals surface area contributed by atoms with Gasteiger partial charge < -0.3 is 9.64 Å². The number of thioether (sulfide) groups is 1. The number of aliphatic imine (C=N–C) groups is 1. The van der Waals surface area contributed by atoms with Crippen LogP contribution in [0.2, 0.25) is 0 Å². The van der Waals surface area contributed by atoms with Crippen molar-refractivity contribution in [3.05, 3.63) is 89.5 Å². The van der Waals surface area contributed by atoms with Crippen LogP contribution in [0.25, 0.3) is 0 Å². The van der Waals surface area contributed by atoms with E-state index in [1.807, 2.05) is 24.3 Å². The molecule has 2 aliphatic rings. The van der Waals surface area contributed by atoms with Gasteiger partial charge in [-0.25, -0.2) is 4.99 Å². The van der Waals surface area contributed by atoms with E-state index in [0.717, 1.165) is 35.0 Å². The molecular formula is C29H29F3N6OS. The number of halogens is 3. The van der Waals surface area contributed by atoms with Crippen molar-refractivity contribution < 1.29 is 17.9 Å². The van der Waals surface area contributed by atoms with Crippen molar-refractivity contribution in [2.45, 2.75) is 38.7 Å². The number of hydrogen-bond acceptors (Lipinski definition) is 7. The number of hydrazine groups is 1. The van der Waals surface area contributed by atoms with Gasteiger partial charge in [-0.1, -0.05) is 68.1 Å². The van der Waals surface area contributed by atoms with Crippen LogP contribution in [0, 0.1) is 0 Å². The summed E-state index contributed by atoms with van der Waals surface area (Å²) >= 11 is 1.72. The minimum Gasteiger partial charge on any atom is -0.406 e. The van der Waals surface area contributed by atoms with Crippen LogP contribution in [0.5, 0.6) is 5.75 Å². The zero-order valence-electron chi connectivity index (χ0n) is 22.0. The van der Waals surface area contributed by atoms with Crippen LogP contribution in [0.3, 0.4) is 0 Å². The third-order valence-electron chi connectivity index (χ3n) is 6.38. The smallest absolute Gasteiger partial charge is 0.406 e. The van der Waals surface area contributed by atoms with Crippen molar-refractivity contribution in [3.63, 3.8) is 0 Å². The van der Waals surface area contributed by atoms with E-state index >= 15 is 0 Å². The van der Waals surface area contributed by atoms with Crippen LogP contribution in [0.15, 0.2) is 88.0 Å². The summed E-state index contributed by atoms with van der Waals surface area (Å²) in [6.45, 7) is 5.32. The molecule has 1 atom stereocenters. The van der Waals surface area contributed by atoms with Gasteiger partial charge in [0.15, 0.2) is 5.17 Å². The van der Waals surface area contributed by atoms with Gasteiger partial charge in [0.2, 0.25) is 0 Å². The summed E-state index contributed by atoms with van der Waals surface area (Å²) in [5, 5.41) is 11.5. The average Bonchev–Trinajstić information content (AvgIpc) is 3.44. The van der Waals surface area contributed by atoms with Gasteiger partial charge in [-0.05, 0) is 59.4 Å². The molecular weight excluding hydrogens is 537 g/mol. The maximum atomic E-state index is 12.4. The zero-order chi connectivity index (χ0) is 28.1. The Morgan fingerprint density at radius 3 is 2.52 bits per heavy atom. The van der Waals surface area contributed by atoms with Gasteiger partial charge in [-0.15, -0.1) is 18.3 Å². The Kier molecular flexibility index (Phi) is 8.41. The highest BCUT2D eigenvalue weighted by Crippen LogP contribution is 2.32. The quantitative estimate of drug-likeness (QED) is 0.244. The van der Waals surface area contributed by atoms with Gasteiger partial charge >= 0.3 is 6.36 Å². The van der Waals surface area contributed by atoms with Gasteiger partial charge in [0.1, 0.15) is 18.3 Å². The number of alkyl halides is 3. The molecule has 40 heavy (non-hydrogen) atoms. The molecule has 3 aromatic carbocycles. The molecule has 3 aromatic rings. The first-order valence-corrected chi connectivity index (χ1v) is 13.9. The second-order valence-corrected chi connectivity index (χ2v) is 10.6. The van der Waals surface area contributed by atoms with Crippen molar-refractivity contribution in [2.24, 2.45) is 15.2 Å². The fraction of sp³-hybridized carbons (Fsp3) is 0.276. The molecule has 1 unspecified atom stereocenters. The summed E-state index contributed by atoms with van der Waals surface area (Å²) in [4.78, 5) is 6.73. The molecule has 0 spiro atoms. The van der Waals surface area contributed by atoms with Gasteiger partial charge in [-0.2, -0.15) is 10.5 Å². The number of rotatable bonds is 7. The van der Waals surface area contributed by atoms with E-state index < -0.39 is 6.36 Å². The van der Waals surface area contributed by atoms with Crippen LogP contribution >= 0.6 is 11.8 Å². The van der Waals surface area contributed by atoms with Crippen molar-refractivity contribution in [2.75, 3.05) is 22.2 Å². The van der Waals surface area contributed by atoms with E-state index in [1.54, 1.807) is 29.3 Å².